The average molecular weight is 351 g/mol. The Morgan fingerprint density at radius 1 is 1.21 bits per heavy atom. The molecule has 0 atom stereocenters. The molecule has 7 nitrogen and oxygen atoms in total. The highest BCUT2D eigenvalue weighted by atomic mass is 32.1. The summed E-state index contributed by atoms with van der Waals surface area (Å²) in [4.78, 5) is 14.5. The molecule has 0 aliphatic heterocycles. The van der Waals surface area contributed by atoms with Gasteiger partial charge in [0.25, 0.3) is 5.56 Å². The number of benzene rings is 1. The van der Waals surface area contributed by atoms with Crippen LogP contribution in [0, 0.1) is 4.77 Å². The monoisotopic (exact) mass is 351 g/mol. The van der Waals surface area contributed by atoms with E-state index in [1.165, 1.54) is 6.07 Å². The Bertz CT molecular complexity index is 801. The SMILES string of the molecule is COc1ccc(-c2cc(=O)[nH]c(=S)n2CCOCCN)c(OC)c1. The van der Waals surface area contributed by atoms with E-state index in [4.69, 9.17) is 32.2 Å². The van der Waals surface area contributed by atoms with Crippen LogP contribution in [0.4, 0.5) is 0 Å². The highest BCUT2D eigenvalue weighted by molar-refractivity contribution is 7.71. The summed E-state index contributed by atoms with van der Waals surface area (Å²) < 4.78 is 18.2. The van der Waals surface area contributed by atoms with Crippen molar-refractivity contribution in [1.82, 2.24) is 9.55 Å². The van der Waals surface area contributed by atoms with Crippen LogP contribution in [0.3, 0.4) is 0 Å². The first-order valence-electron chi connectivity index (χ1n) is 7.45. The van der Waals surface area contributed by atoms with Gasteiger partial charge in [0, 0.05) is 30.8 Å². The molecule has 0 bridgehead atoms. The molecule has 1 heterocycles. The van der Waals surface area contributed by atoms with Gasteiger partial charge in [0.15, 0.2) is 4.77 Å². The average Bonchev–Trinajstić information content (AvgIpc) is 2.59. The third-order valence-corrected chi connectivity index (χ3v) is 3.76. The lowest BCUT2D eigenvalue weighted by molar-refractivity contribution is 0.133. The van der Waals surface area contributed by atoms with E-state index in [2.05, 4.69) is 4.98 Å². The Morgan fingerprint density at radius 2 is 2.00 bits per heavy atom. The number of nitrogens with one attached hydrogen (secondary N) is 1. The number of nitrogens with two attached hydrogens (primary N) is 1. The second-order valence-corrected chi connectivity index (χ2v) is 5.33. The molecular formula is C16H21N3O4S. The van der Waals surface area contributed by atoms with Crippen molar-refractivity contribution in [2.45, 2.75) is 6.54 Å². The molecule has 3 N–H and O–H groups in total. The second-order valence-electron chi connectivity index (χ2n) is 4.94. The topological polar surface area (TPSA) is 91.5 Å². The van der Waals surface area contributed by atoms with E-state index in [-0.39, 0.29) is 5.56 Å². The third kappa shape index (κ3) is 4.22. The van der Waals surface area contributed by atoms with E-state index in [1.54, 1.807) is 30.9 Å². The number of hydrogen-bond donors (Lipinski definition) is 2. The highest BCUT2D eigenvalue weighted by Crippen LogP contribution is 2.32. The number of nitrogens with zero attached hydrogens (tertiary/aromatic N) is 1. The van der Waals surface area contributed by atoms with Gasteiger partial charge in [-0.3, -0.25) is 9.78 Å². The van der Waals surface area contributed by atoms with E-state index in [1.807, 2.05) is 6.07 Å². The van der Waals surface area contributed by atoms with Crippen molar-refractivity contribution < 1.29 is 14.2 Å². The summed E-state index contributed by atoms with van der Waals surface area (Å²) in [6.07, 6.45) is 0. The van der Waals surface area contributed by atoms with Crippen LogP contribution in [-0.2, 0) is 11.3 Å². The normalized spacial score (nSPS) is 10.6. The molecule has 0 radical (unpaired) electrons. The fourth-order valence-electron chi connectivity index (χ4n) is 2.32. The molecule has 0 amide bonds. The minimum absolute atomic E-state index is 0.271. The predicted molar refractivity (Wildman–Crippen MR) is 94.3 cm³/mol. The lowest BCUT2D eigenvalue weighted by atomic mass is 10.1. The number of aromatic nitrogens is 2. The largest absolute Gasteiger partial charge is 0.497 e. The zero-order valence-electron chi connectivity index (χ0n) is 13.7. The Hall–Kier alpha value is -2.16. The summed E-state index contributed by atoms with van der Waals surface area (Å²) >= 11 is 5.29. The lowest BCUT2D eigenvalue weighted by Gasteiger charge is -2.16. The van der Waals surface area contributed by atoms with Gasteiger partial charge in [-0.1, -0.05) is 0 Å². The quantitative estimate of drug-likeness (QED) is 0.554. The molecule has 24 heavy (non-hydrogen) atoms. The molecule has 0 aliphatic carbocycles. The number of aromatic amines is 1. The van der Waals surface area contributed by atoms with Gasteiger partial charge in [-0.15, -0.1) is 0 Å². The van der Waals surface area contributed by atoms with E-state index in [0.29, 0.717) is 48.3 Å². The molecule has 0 saturated carbocycles. The van der Waals surface area contributed by atoms with Crippen molar-refractivity contribution >= 4 is 12.2 Å². The molecule has 2 aromatic rings. The first-order valence-corrected chi connectivity index (χ1v) is 7.86. The van der Waals surface area contributed by atoms with Gasteiger partial charge in [0.05, 0.1) is 33.1 Å². The van der Waals surface area contributed by atoms with Gasteiger partial charge in [0.1, 0.15) is 11.5 Å². The van der Waals surface area contributed by atoms with E-state index < -0.39 is 0 Å². The van der Waals surface area contributed by atoms with Gasteiger partial charge in [0.2, 0.25) is 0 Å². The molecule has 130 valence electrons. The minimum atomic E-state index is -0.271. The van der Waals surface area contributed by atoms with Gasteiger partial charge >= 0.3 is 0 Å². The standard InChI is InChI=1S/C16H21N3O4S/c1-21-11-3-4-12(14(9-11)22-2)13-10-15(20)18-16(24)19(13)6-8-23-7-5-17/h3-4,9-10H,5-8,17H2,1-2H3,(H,18,20,24). The zero-order chi connectivity index (χ0) is 17.5. The van der Waals surface area contributed by atoms with Gasteiger partial charge in [-0.25, -0.2) is 0 Å². The smallest absolute Gasteiger partial charge is 0.252 e. The van der Waals surface area contributed by atoms with Gasteiger partial charge in [-0.2, -0.15) is 0 Å². The van der Waals surface area contributed by atoms with Crippen LogP contribution < -0.4 is 20.8 Å². The first kappa shape index (κ1) is 18.2. The van der Waals surface area contributed by atoms with Crippen LogP contribution in [0.25, 0.3) is 11.3 Å². The van der Waals surface area contributed by atoms with E-state index in [9.17, 15) is 4.79 Å². The van der Waals surface area contributed by atoms with Gasteiger partial charge < -0.3 is 24.5 Å². The van der Waals surface area contributed by atoms with Crippen molar-refractivity contribution in [3.8, 4) is 22.8 Å². The highest BCUT2D eigenvalue weighted by Gasteiger charge is 2.13. The first-order chi connectivity index (χ1) is 11.6. The van der Waals surface area contributed by atoms with Crippen LogP contribution in [0.5, 0.6) is 11.5 Å². The van der Waals surface area contributed by atoms with Crippen molar-refractivity contribution in [3.63, 3.8) is 0 Å². The van der Waals surface area contributed by atoms with E-state index in [0.717, 1.165) is 5.56 Å². The molecule has 1 aromatic heterocycles. The zero-order valence-corrected chi connectivity index (χ0v) is 14.5. The van der Waals surface area contributed by atoms with Crippen molar-refractivity contribution in [2.75, 3.05) is 34.0 Å². The van der Waals surface area contributed by atoms with Crippen LogP contribution in [0.2, 0.25) is 0 Å². The maximum absolute atomic E-state index is 11.9. The van der Waals surface area contributed by atoms with Crippen molar-refractivity contribution in [2.24, 2.45) is 5.73 Å². The Morgan fingerprint density at radius 3 is 2.67 bits per heavy atom. The molecule has 1 aromatic carbocycles. The summed E-state index contributed by atoms with van der Waals surface area (Å²) in [5.41, 5.74) is 6.54. The number of methoxy groups -OCH3 is 2. The molecule has 0 saturated heterocycles. The fourth-order valence-corrected chi connectivity index (χ4v) is 2.61. The maximum atomic E-state index is 11.9. The minimum Gasteiger partial charge on any atom is -0.497 e. The fraction of sp³-hybridized carbons (Fsp3) is 0.375. The molecule has 2 rings (SSSR count). The summed E-state index contributed by atoms with van der Waals surface area (Å²) in [7, 11) is 3.15. The maximum Gasteiger partial charge on any atom is 0.252 e. The Balaban J connectivity index is 2.49. The summed E-state index contributed by atoms with van der Waals surface area (Å²) in [5.74, 6) is 1.25. The molecule has 0 spiro atoms. The Kier molecular flexibility index (Phi) is 6.53. The van der Waals surface area contributed by atoms with Crippen molar-refractivity contribution in [3.05, 3.63) is 39.4 Å². The number of rotatable bonds is 8. The summed E-state index contributed by atoms with van der Waals surface area (Å²) in [6.45, 7) is 1.84. The second kappa shape index (κ2) is 8.62. The molecule has 0 fully saturated rings. The lowest BCUT2D eigenvalue weighted by Crippen LogP contribution is -2.18. The summed E-state index contributed by atoms with van der Waals surface area (Å²) in [6, 6.07) is 6.88. The summed E-state index contributed by atoms with van der Waals surface area (Å²) in [5, 5.41) is 0. The number of ether oxygens (including phenoxy) is 3. The Labute approximate surface area is 145 Å². The van der Waals surface area contributed by atoms with Crippen LogP contribution >= 0.6 is 12.2 Å². The molecule has 8 heteroatoms. The molecule has 0 unspecified atom stereocenters. The molecular weight excluding hydrogens is 330 g/mol. The van der Waals surface area contributed by atoms with Gasteiger partial charge in [-0.05, 0) is 24.4 Å². The van der Waals surface area contributed by atoms with E-state index >= 15 is 0 Å². The number of hydrogen-bond acceptors (Lipinski definition) is 6. The third-order valence-electron chi connectivity index (χ3n) is 3.44. The van der Waals surface area contributed by atoms with Crippen molar-refractivity contribution in [1.29, 1.82) is 0 Å². The molecule has 0 aliphatic rings. The van der Waals surface area contributed by atoms with Crippen LogP contribution in [-0.4, -0.2) is 43.5 Å². The van der Waals surface area contributed by atoms with Crippen LogP contribution in [0.1, 0.15) is 0 Å². The number of H-pyrrole nitrogens is 1. The van der Waals surface area contributed by atoms with Crippen LogP contribution in [0.15, 0.2) is 29.1 Å². The predicted octanol–water partition coefficient (Wildman–Crippen LogP) is 1.57.